The molecular formula is C11H9BrFNO. The molecule has 0 amide bonds. The molecule has 78 valence electrons. The van der Waals surface area contributed by atoms with Crippen molar-refractivity contribution >= 4 is 26.8 Å². The Labute approximate surface area is 94.3 Å². The minimum Gasteiger partial charge on any atom is -0.356 e. The van der Waals surface area contributed by atoms with E-state index in [4.69, 9.17) is 0 Å². The van der Waals surface area contributed by atoms with Gasteiger partial charge in [0.1, 0.15) is 5.82 Å². The first-order valence-electron chi connectivity index (χ1n) is 4.49. The third-order valence-corrected chi connectivity index (χ3v) is 2.97. The average Bonchev–Trinajstić information content (AvgIpc) is 2.17. The van der Waals surface area contributed by atoms with Crippen LogP contribution in [0, 0.1) is 19.7 Å². The van der Waals surface area contributed by atoms with Gasteiger partial charge in [0.05, 0.1) is 5.52 Å². The number of aromatic nitrogens is 1. The zero-order chi connectivity index (χ0) is 11.2. The lowest BCUT2D eigenvalue weighted by molar-refractivity contribution is 0.635. The highest BCUT2D eigenvalue weighted by Crippen LogP contribution is 2.20. The molecule has 0 saturated carbocycles. The molecule has 2 nitrogen and oxygen atoms in total. The van der Waals surface area contributed by atoms with Crippen LogP contribution >= 0.6 is 15.9 Å². The van der Waals surface area contributed by atoms with Gasteiger partial charge in [-0.3, -0.25) is 4.79 Å². The summed E-state index contributed by atoms with van der Waals surface area (Å²) in [5, 5.41) is 0.380. The third kappa shape index (κ3) is 1.59. The normalized spacial score (nSPS) is 10.9. The van der Waals surface area contributed by atoms with E-state index in [1.807, 2.05) is 0 Å². The molecule has 0 saturated heterocycles. The predicted molar refractivity (Wildman–Crippen MR) is 61.7 cm³/mol. The Hall–Kier alpha value is -1.16. The minimum absolute atomic E-state index is 0.124. The van der Waals surface area contributed by atoms with E-state index < -0.39 is 5.82 Å². The molecule has 0 aliphatic rings. The quantitative estimate of drug-likeness (QED) is 0.784. The van der Waals surface area contributed by atoms with Crippen molar-refractivity contribution in [2.24, 2.45) is 0 Å². The standard InChI is InChI=1S/C11H9BrFNO/c1-5-6(2)14-10-8(11(5)15)3-7(12)4-9(10)13/h3-4H,1-2H3,(H,14,15). The van der Waals surface area contributed by atoms with Crippen LogP contribution in [-0.2, 0) is 0 Å². The lowest BCUT2D eigenvalue weighted by Crippen LogP contribution is -2.10. The first kappa shape index (κ1) is 10.4. The van der Waals surface area contributed by atoms with Crippen LogP contribution < -0.4 is 5.43 Å². The number of H-pyrrole nitrogens is 1. The topological polar surface area (TPSA) is 32.9 Å². The number of nitrogens with one attached hydrogen (secondary N) is 1. The van der Waals surface area contributed by atoms with Crippen molar-refractivity contribution in [1.29, 1.82) is 0 Å². The first-order chi connectivity index (χ1) is 7.00. The van der Waals surface area contributed by atoms with Crippen molar-refractivity contribution in [3.63, 3.8) is 0 Å². The van der Waals surface area contributed by atoms with Crippen molar-refractivity contribution in [1.82, 2.24) is 4.98 Å². The van der Waals surface area contributed by atoms with Gasteiger partial charge in [-0.25, -0.2) is 4.39 Å². The molecule has 1 aromatic carbocycles. The highest BCUT2D eigenvalue weighted by molar-refractivity contribution is 9.10. The molecule has 1 aromatic heterocycles. The number of halogens is 2. The Morgan fingerprint density at radius 3 is 2.67 bits per heavy atom. The molecule has 0 aliphatic heterocycles. The maximum atomic E-state index is 13.5. The molecule has 15 heavy (non-hydrogen) atoms. The second-order valence-electron chi connectivity index (χ2n) is 3.51. The zero-order valence-electron chi connectivity index (χ0n) is 8.32. The van der Waals surface area contributed by atoms with Crippen LogP contribution in [0.2, 0.25) is 0 Å². The fraction of sp³-hybridized carbons (Fsp3) is 0.182. The molecule has 0 radical (unpaired) electrons. The number of hydrogen-bond donors (Lipinski definition) is 1. The number of fused-ring (bicyclic) bond motifs is 1. The third-order valence-electron chi connectivity index (χ3n) is 2.52. The van der Waals surface area contributed by atoms with Crippen LogP contribution in [0.25, 0.3) is 10.9 Å². The lowest BCUT2D eigenvalue weighted by atomic mass is 10.1. The van der Waals surface area contributed by atoms with Crippen molar-refractivity contribution < 1.29 is 4.39 Å². The molecule has 0 atom stereocenters. The summed E-state index contributed by atoms with van der Waals surface area (Å²) in [5.41, 5.74) is 1.47. The summed E-state index contributed by atoms with van der Waals surface area (Å²) in [6.07, 6.45) is 0. The van der Waals surface area contributed by atoms with E-state index in [9.17, 15) is 9.18 Å². The summed E-state index contributed by atoms with van der Waals surface area (Å²) < 4.78 is 14.1. The first-order valence-corrected chi connectivity index (χ1v) is 5.28. The highest BCUT2D eigenvalue weighted by atomic mass is 79.9. The number of aromatic amines is 1. The van der Waals surface area contributed by atoms with Gasteiger partial charge in [0, 0.05) is 21.1 Å². The van der Waals surface area contributed by atoms with Crippen molar-refractivity contribution in [2.75, 3.05) is 0 Å². The lowest BCUT2D eigenvalue weighted by Gasteiger charge is -2.05. The summed E-state index contributed by atoms with van der Waals surface area (Å²) >= 11 is 3.17. The Morgan fingerprint density at radius 2 is 2.00 bits per heavy atom. The summed E-state index contributed by atoms with van der Waals surface area (Å²) in [6.45, 7) is 3.49. The monoisotopic (exact) mass is 269 g/mol. The molecular weight excluding hydrogens is 261 g/mol. The molecule has 1 N–H and O–H groups in total. The van der Waals surface area contributed by atoms with E-state index in [1.165, 1.54) is 6.07 Å². The van der Waals surface area contributed by atoms with Gasteiger partial charge in [-0.15, -0.1) is 0 Å². The van der Waals surface area contributed by atoms with E-state index in [-0.39, 0.29) is 10.9 Å². The van der Waals surface area contributed by atoms with Crippen molar-refractivity contribution in [2.45, 2.75) is 13.8 Å². The van der Waals surface area contributed by atoms with Gasteiger partial charge < -0.3 is 4.98 Å². The van der Waals surface area contributed by atoms with Crippen LogP contribution in [0.4, 0.5) is 4.39 Å². The molecule has 0 unspecified atom stereocenters. The average molecular weight is 270 g/mol. The van der Waals surface area contributed by atoms with E-state index in [0.29, 0.717) is 21.1 Å². The number of aryl methyl sites for hydroxylation is 1. The maximum absolute atomic E-state index is 13.5. The molecule has 2 aromatic rings. The Morgan fingerprint density at radius 1 is 1.33 bits per heavy atom. The number of benzene rings is 1. The largest absolute Gasteiger partial charge is 0.356 e. The summed E-state index contributed by atoms with van der Waals surface area (Å²) in [6, 6.07) is 2.97. The van der Waals surface area contributed by atoms with Gasteiger partial charge in [-0.1, -0.05) is 15.9 Å². The van der Waals surface area contributed by atoms with Gasteiger partial charge in [0.2, 0.25) is 0 Å². The second-order valence-corrected chi connectivity index (χ2v) is 4.43. The van der Waals surface area contributed by atoms with Gasteiger partial charge in [0.15, 0.2) is 5.43 Å². The van der Waals surface area contributed by atoms with Crippen molar-refractivity contribution in [3.05, 3.63) is 43.9 Å². The summed E-state index contributed by atoms with van der Waals surface area (Å²) in [5.74, 6) is -0.417. The number of pyridine rings is 1. The van der Waals surface area contributed by atoms with Gasteiger partial charge in [-0.2, -0.15) is 0 Å². The van der Waals surface area contributed by atoms with Crippen LogP contribution in [-0.4, -0.2) is 4.98 Å². The van der Waals surface area contributed by atoms with E-state index >= 15 is 0 Å². The van der Waals surface area contributed by atoms with Gasteiger partial charge in [0.25, 0.3) is 0 Å². The van der Waals surface area contributed by atoms with E-state index in [2.05, 4.69) is 20.9 Å². The van der Waals surface area contributed by atoms with Gasteiger partial charge >= 0.3 is 0 Å². The smallest absolute Gasteiger partial charge is 0.192 e. The van der Waals surface area contributed by atoms with Crippen molar-refractivity contribution in [3.8, 4) is 0 Å². The predicted octanol–water partition coefficient (Wildman–Crippen LogP) is 3.05. The molecule has 4 heteroatoms. The molecule has 0 spiro atoms. The Bertz CT molecular complexity index is 604. The van der Waals surface area contributed by atoms with E-state index in [1.54, 1.807) is 19.9 Å². The zero-order valence-corrected chi connectivity index (χ0v) is 9.90. The fourth-order valence-corrected chi connectivity index (χ4v) is 1.96. The number of hydrogen-bond acceptors (Lipinski definition) is 1. The SMILES string of the molecule is Cc1[nH]c2c(F)cc(Br)cc2c(=O)c1C. The molecule has 2 rings (SSSR count). The van der Waals surface area contributed by atoms with E-state index in [0.717, 1.165) is 0 Å². The van der Waals surface area contributed by atoms with Gasteiger partial charge in [-0.05, 0) is 26.0 Å². The van der Waals surface area contributed by atoms with Crippen LogP contribution in [0.15, 0.2) is 21.4 Å². The Kier molecular flexibility index (Phi) is 2.38. The summed E-state index contributed by atoms with van der Waals surface area (Å²) in [7, 11) is 0. The van der Waals surface area contributed by atoms with Crippen LogP contribution in [0.5, 0.6) is 0 Å². The second kappa shape index (κ2) is 3.45. The molecule has 0 fully saturated rings. The number of rotatable bonds is 0. The minimum atomic E-state index is -0.417. The molecule has 1 heterocycles. The van der Waals surface area contributed by atoms with Crippen LogP contribution in [0.1, 0.15) is 11.3 Å². The fourth-order valence-electron chi connectivity index (χ4n) is 1.53. The molecule has 0 bridgehead atoms. The summed E-state index contributed by atoms with van der Waals surface area (Å²) in [4.78, 5) is 14.7. The Balaban J connectivity index is 3.06. The molecule has 0 aliphatic carbocycles. The van der Waals surface area contributed by atoms with Crippen LogP contribution in [0.3, 0.4) is 0 Å². The highest BCUT2D eigenvalue weighted by Gasteiger charge is 2.09. The maximum Gasteiger partial charge on any atom is 0.192 e.